The lowest BCUT2D eigenvalue weighted by Gasteiger charge is -2.08. The molecule has 0 amide bonds. The van der Waals surface area contributed by atoms with Gasteiger partial charge in [-0.25, -0.2) is 8.42 Å². The van der Waals surface area contributed by atoms with Gasteiger partial charge in [-0.15, -0.1) is 0 Å². The molecule has 0 saturated carbocycles. The van der Waals surface area contributed by atoms with Crippen molar-refractivity contribution in [2.24, 2.45) is 0 Å². The minimum absolute atomic E-state index is 0.344. The highest BCUT2D eigenvalue weighted by Crippen LogP contribution is 1.94. The Bertz CT molecular complexity index is 330. The molecule has 0 heterocycles. The van der Waals surface area contributed by atoms with Gasteiger partial charge in [0.2, 0.25) is 10.0 Å². The van der Waals surface area contributed by atoms with E-state index >= 15 is 0 Å². The molecule has 0 bridgehead atoms. The number of nitrogens with zero attached hydrogens (tertiary/aromatic N) is 1. The molecular formula is C7H12N2O4S. The molecule has 0 aromatic rings. The highest BCUT2D eigenvalue weighted by atomic mass is 32.2. The zero-order chi connectivity index (χ0) is 11.2. The Labute approximate surface area is 82.9 Å². The maximum Gasteiger partial charge on any atom is 0.322 e. The summed E-state index contributed by atoms with van der Waals surface area (Å²) in [4.78, 5) is 10.7. The van der Waals surface area contributed by atoms with Gasteiger partial charge in [0.25, 0.3) is 0 Å². The lowest BCUT2D eigenvalue weighted by atomic mass is 10.3. The van der Waals surface area contributed by atoms with Crippen LogP contribution in [-0.2, 0) is 19.6 Å². The van der Waals surface area contributed by atoms with Gasteiger partial charge in [0.1, 0.15) is 6.04 Å². The molecule has 0 aliphatic heterocycles. The molecule has 0 saturated heterocycles. The van der Waals surface area contributed by atoms with Crippen molar-refractivity contribution in [2.75, 3.05) is 12.9 Å². The molecule has 0 fully saturated rings. The summed E-state index contributed by atoms with van der Waals surface area (Å²) in [6, 6.07) is 0.955. The maximum absolute atomic E-state index is 11.2. The number of carbonyl (C=O) groups is 1. The third-order valence-electron chi connectivity index (χ3n) is 1.42. The van der Waals surface area contributed by atoms with Crippen LogP contribution in [0.15, 0.2) is 0 Å². The molecule has 0 aliphatic carbocycles. The summed E-state index contributed by atoms with van der Waals surface area (Å²) in [5.74, 6) is -1.62. The largest absolute Gasteiger partial charge is 0.468 e. The summed E-state index contributed by atoms with van der Waals surface area (Å²) in [5, 5.41) is 8.49. The molecule has 7 heteroatoms. The molecule has 1 N–H and O–H groups in total. The van der Waals surface area contributed by atoms with E-state index in [4.69, 9.17) is 5.26 Å². The fourth-order valence-electron chi connectivity index (χ4n) is 0.673. The monoisotopic (exact) mass is 220 g/mol. The molecule has 80 valence electrons. The first-order valence-corrected chi connectivity index (χ1v) is 5.56. The highest BCUT2D eigenvalue weighted by Gasteiger charge is 2.20. The summed E-state index contributed by atoms with van der Waals surface area (Å²) in [7, 11) is -2.67. The van der Waals surface area contributed by atoms with Crippen molar-refractivity contribution in [3.63, 3.8) is 0 Å². The topological polar surface area (TPSA) is 96.3 Å². The lowest BCUT2D eigenvalue weighted by Crippen LogP contribution is -2.37. The van der Waals surface area contributed by atoms with Crippen molar-refractivity contribution < 1.29 is 17.9 Å². The van der Waals surface area contributed by atoms with E-state index in [-0.39, 0.29) is 0 Å². The molecule has 0 rings (SSSR count). The first-order chi connectivity index (χ1) is 6.45. The van der Waals surface area contributed by atoms with E-state index in [1.54, 1.807) is 13.0 Å². The van der Waals surface area contributed by atoms with Crippen LogP contribution in [0.3, 0.4) is 0 Å². The van der Waals surface area contributed by atoms with E-state index in [0.29, 0.717) is 6.42 Å². The number of esters is 1. The number of nitrogens with one attached hydrogen (secondary N) is 1. The third-order valence-corrected chi connectivity index (χ3v) is 2.68. The number of sulfonamides is 1. The van der Waals surface area contributed by atoms with E-state index in [0.717, 1.165) is 7.11 Å². The molecule has 0 aromatic heterocycles. The average molecular weight is 220 g/mol. The van der Waals surface area contributed by atoms with E-state index in [1.807, 2.05) is 0 Å². The van der Waals surface area contributed by atoms with Crippen molar-refractivity contribution in [1.82, 2.24) is 4.72 Å². The van der Waals surface area contributed by atoms with Crippen LogP contribution in [0.25, 0.3) is 0 Å². The zero-order valence-electron chi connectivity index (χ0n) is 7.98. The molecule has 6 nitrogen and oxygen atoms in total. The molecule has 1 unspecified atom stereocenters. The second-order valence-electron chi connectivity index (χ2n) is 2.54. The Hall–Kier alpha value is -1.13. The predicted octanol–water partition coefficient (Wildman–Crippen LogP) is -0.619. The van der Waals surface area contributed by atoms with E-state index in [9.17, 15) is 13.2 Å². The summed E-state index contributed by atoms with van der Waals surface area (Å²) in [5.41, 5.74) is 0. The Kier molecular flexibility index (Phi) is 5.12. The van der Waals surface area contributed by atoms with E-state index in [1.165, 1.54) is 0 Å². The molecular weight excluding hydrogens is 208 g/mol. The van der Waals surface area contributed by atoms with Gasteiger partial charge in [-0.1, -0.05) is 6.92 Å². The SMILES string of the molecule is CCC(C#N)NS(=O)(=O)CC(=O)OC. The van der Waals surface area contributed by atoms with E-state index < -0.39 is 27.8 Å². The number of methoxy groups -OCH3 is 1. The average Bonchev–Trinajstić information content (AvgIpc) is 2.13. The minimum Gasteiger partial charge on any atom is -0.468 e. The van der Waals surface area contributed by atoms with E-state index in [2.05, 4.69) is 9.46 Å². The standard InChI is InChI=1S/C7H12N2O4S/c1-3-6(4-8)9-14(11,12)5-7(10)13-2/h6,9H,3,5H2,1-2H3. The lowest BCUT2D eigenvalue weighted by molar-refractivity contribution is -0.137. The van der Waals surface area contributed by atoms with Crippen molar-refractivity contribution in [3.05, 3.63) is 0 Å². The molecule has 0 spiro atoms. The second-order valence-corrected chi connectivity index (χ2v) is 4.30. The van der Waals surface area contributed by atoms with Crippen molar-refractivity contribution in [3.8, 4) is 6.07 Å². The summed E-state index contributed by atoms with van der Waals surface area (Å²) < 4.78 is 28.6. The van der Waals surface area contributed by atoms with Gasteiger partial charge in [-0.05, 0) is 6.42 Å². The van der Waals surface area contributed by atoms with Crippen LogP contribution in [-0.4, -0.2) is 33.3 Å². The third kappa shape index (κ3) is 4.79. The number of nitriles is 1. The summed E-state index contributed by atoms with van der Waals surface area (Å²) in [6.45, 7) is 1.66. The van der Waals surface area contributed by atoms with Crippen molar-refractivity contribution in [2.45, 2.75) is 19.4 Å². The van der Waals surface area contributed by atoms with Crippen LogP contribution in [0, 0.1) is 11.3 Å². The molecule has 0 aromatic carbocycles. The number of hydrogen-bond donors (Lipinski definition) is 1. The Balaban J connectivity index is 4.36. The molecule has 0 aliphatic rings. The number of carbonyl (C=O) groups excluding carboxylic acids is 1. The Morgan fingerprint density at radius 3 is 2.57 bits per heavy atom. The van der Waals surface area contributed by atoms with Gasteiger partial charge < -0.3 is 4.74 Å². The van der Waals surface area contributed by atoms with Gasteiger partial charge in [0.15, 0.2) is 5.75 Å². The van der Waals surface area contributed by atoms with Crippen molar-refractivity contribution >= 4 is 16.0 Å². The van der Waals surface area contributed by atoms with Crippen LogP contribution in [0.1, 0.15) is 13.3 Å². The Morgan fingerprint density at radius 2 is 2.21 bits per heavy atom. The minimum atomic E-state index is -3.76. The van der Waals surface area contributed by atoms with Crippen LogP contribution in [0.5, 0.6) is 0 Å². The smallest absolute Gasteiger partial charge is 0.322 e. The van der Waals surface area contributed by atoms with Gasteiger partial charge in [-0.3, -0.25) is 4.79 Å². The number of hydrogen-bond acceptors (Lipinski definition) is 5. The highest BCUT2D eigenvalue weighted by molar-refractivity contribution is 7.90. The summed E-state index contributed by atoms with van der Waals surface area (Å²) >= 11 is 0. The van der Waals surface area contributed by atoms with Gasteiger partial charge in [-0.2, -0.15) is 9.98 Å². The molecule has 1 atom stereocenters. The first-order valence-electron chi connectivity index (χ1n) is 3.91. The molecule has 0 radical (unpaired) electrons. The van der Waals surface area contributed by atoms with Crippen LogP contribution in [0.4, 0.5) is 0 Å². The fourth-order valence-corrected chi connectivity index (χ4v) is 1.84. The number of rotatable bonds is 5. The van der Waals surface area contributed by atoms with Gasteiger partial charge in [0, 0.05) is 0 Å². The first kappa shape index (κ1) is 12.9. The maximum atomic E-state index is 11.2. The second kappa shape index (κ2) is 5.57. The quantitative estimate of drug-likeness (QED) is 0.623. The fraction of sp³-hybridized carbons (Fsp3) is 0.714. The predicted molar refractivity (Wildman–Crippen MR) is 48.6 cm³/mol. The molecule has 14 heavy (non-hydrogen) atoms. The van der Waals surface area contributed by atoms with Crippen LogP contribution in [0.2, 0.25) is 0 Å². The van der Waals surface area contributed by atoms with Gasteiger partial charge >= 0.3 is 5.97 Å². The van der Waals surface area contributed by atoms with Crippen molar-refractivity contribution in [1.29, 1.82) is 5.26 Å². The normalized spacial score (nSPS) is 12.9. The van der Waals surface area contributed by atoms with Gasteiger partial charge in [0.05, 0.1) is 13.2 Å². The zero-order valence-corrected chi connectivity index (χ0v) is 8.80. The van der Waals surface area contributed by atoms with Crippen LogP contribution >= 0.6 is 0 Å². The summed E-state index contributed by atoms with van der Waals surface area (Å²) in [6.07, 6.45) is 0.344. The van der Waals surface area contributed by atoms with Crippen LogP contribution < -0.4 is 4.72 Å². The number of ether oxygens (including phenoxy) is 1. The Morgan fingerprint density at radius 1 is 1.64 bits per heavy atom.